The van der Waals surface area contributed by atoms with Gasteiger partial charge in [0.05, 0.1) is 13.2 Å². The van der Waals surface area contributed by atoms with Crippen molar-refractivity contribution in [2.24, 2.45) is 5.73 Å². The van der Waals surface area contributed by atoms with Crippen molar-refractivity contribution in [1.82, 2.24) is 0 Å². The molecule has 9 nitrogen and oxygen atoms in total. The molecule has 0 aliphatic rings. The molecule has 55 heavy (non-hydrogen) atoms. The predicted molar refractivity (Wildman–Crippen MR) is 229 cm³/mol. The third kappa shape index (κ3) is 41.7. The minimum absolute atomic E-state index is 0.0503. The van der Waals surface area contributed by atoms with Crippen LogP contribution in [-0.2, 0) is 32.7 Å². The maximum atomic E-state index is 12.6. The van der Waals surface area contributed by atoms with E-state index in [2.05, 4.69) is 50.3 Å². The summed E-state index contributed by atoms with van der Waals surface area (Å²) in [6, 6.07) is 0. The summed E-state index contributed by atoms with van der Waals surface area (Å²) in [7, 11) is -4.38. The Morgan fingerprint density at radius 1 is 0.545 bits per heavy atom. The summed E-state index contributed by atoms with van der Waals surface area (Å²) in [5, 5.41) is 0. The molecule has 0 bridgehead atoms. The zero-order valence-corrected chi connectivity index (χ0v) is 36.3. The van der Waals surface area contributed by atoms with Crippen LogP contribution < -0.4 is 5.73 Å². The Morgan fingerprint density at radius 3 is 1.42 bits per heavy atom. The molecular formula is C45H84NO8P. The molecule has 0 spiro atoms. The van der Waals surface area contributed by atoms with Crippen molar-refractivity contribution >= 4 is 19.8 Å². The topological polar surface area (TPSA) is 134 Å². The van der Waals surface area contributed by atoms with Crippen molar-refractivity contribution in [3.63, 3.8) is 0 Å². The second kappa shape index (κ2) is 41.9. The van der Waals surface area contributed by atoms with E-state index in [4.69, 9.17) is 24.3 Å². The molecule has 0 radical (unpaired) electrons. The highest BCUT2D eigenvalue weighted by molar-refractivity contribution is 7.47. The Hall–Kier alpha value is -1.77. The Labute approximate surface area is 337 Å². The molecule has 0 rings (SSSR count). The minimum atomic E-state index is -4.38. The van der Waals surface area contributed by atoms with Crippen molar-refractivity contribution in [2.45, 2.75) is 213 Å². The van der Waals surface area contributed by atoms with Crippen LogP contribution in [0.3, 0.4) is 0 Å². The molecule has 0 aromatic heterocycles. The zero-order chi connectivity index (χ0) is 40.3. The number of carbonyl (C=O) groups is 2. The lowest BCUT2D eigenvalue weighted by atomic mass is 10.1. The van der Waals surface area contributed by atoms with Crippen LogP contribution in [-0.4, -0.2) is 49.3 Å². The van der Waals surface area contributed by atoms with E-state index < -0.39 is 26.5 Å². The van der Waals surface area contributed by atoms with Gasteiger partial charge in [0.25, 0.3) is 0 Å². The Bertz CT molecular complexity index is 1000. The predicted octanol–water partition coefficient (Wildman–Crippen LogP) is 12.9. The van der Waals surface area contributed by atoms with Gasteiger partial charge in [0.2, 0.25) is 0 Å². The van der Waals surface area contributed by atoms with Gasteiger partial charge in [0.1, 0.15) is 6.61 Å². The molecule has 0 aliphatic carbocycles. The van der Waals surface area contributed by atoms with Gasteiger partial charge >= 0.3 is 19.8 Å². The average molecular weight is 798 g/mol. The lowest BCUT2D eigenvalue weighted by Gasteiger charge is -2.19. The summed E-state index contributed by atoms with van der Waals surface area (Å²) < 4.78 is 32.8. The highest BCUT2D eigenvalue weighted by Crippen LogP contribution is 2.43. The van der Waals surface area contributed by atoms with Gasteiger partial charge in [-0.1, -0.05) is 166 Å². The van der Waals surface area contributed by atoms with Crippen LogP contribution in [0, 0.1) is 0 Å². The molecule has 0 amide bonds. The van der Waals surface area contributed by atoms with Crippen molar-refractivity contribution in [3.8, 4) is 0 Å². The molecule has 3 N–H and O–H groups in total. The summed E-state index contributed by atoms with van der Waals surface area (Å²) in [5.41, 5.74) is 5.35. The number of allylic oxidation sites excluding steroid dienone is 6. The van der Waals surface area contributed by atoms with E-state index in [0.717, 1.165) is 57.8 Å². The monoisotopic (exact) mass is 798 g/mol. The van der Waals surface area contributed by atoms with E-state index in [1.807, 2.05) is 0 Å². The van der Waals surface area contributed by atoms with Crippen LogP contribution >= 0.6 is 7.82 Å². The van der Waals surface area contributed by atoms with Crippen LogP contribution in [0.15, 0.2) is 36.5 Å². The number of hydrogen-bond donors (Lipinski definition) is 2. The number of unbranched alkanes of at least 4 members (excludes halogenated alkanes) is 24. The van der Waals surface area contributed by atoms with Crippen molar-refractivity contribution in [2.75, 3.05) is 26.4 Å². The summed E-state index contributed by atoms with van der Waals surface area (Å²) >= 11 is 0. The zero-order valence-electron chi connectivity index (χ0n) is 35.4. The SMILES string of the molecule is CCCCCC/C=C/C=C/CCCCCCCC(=O)O[C@H](COC(=O)CCCCCCCCCCC/C=C/CCCCCCCC)COP(=O)(O)OCCN. The molecule has 0 aromatic carbocycles. The van der Waals surface area contributed by atoms with Gasteiger partial charge in [-0.3, -0.25) is 18.6 Å². The van der Waals surface area contributed by atoms with Gasteiger partial charge in [0, 0.05) is 19.4 Å². The molecule has 0 fully saturated rings. The summed E-state index contributed by atoms with van der Waals surface area (Å²) in [6.07, 6.45) is 46.0. The van der Waals surface area contributed by atoms with Gasteiger partial charge in [-0.05, 0) is 64.2 Å². The first-order valence-electron chi connectivity index (χ1n) is 22.5. The Kier molecular flexibility index (Phi) is 40.5. The second-order valence-corrected chi connectivity index (χ2v) is 16.4. The molecule has 10 heteroatoms. The summed E-state index contributed by atoms with van der Waals surface area (Å²) in [5.74, 6) is -0.845. The van der Waals surface area contributed by atoms with Gasteiger partial charge in [-0.15, -0.1) is 0 Å². The van der Waals surface area contributed by atoms with Crippen LogP contribution in [0.25, 0.3) is 0 Å². The number of hydrogen-bond acceptors (Lipinski definition) is 8. The molecular weight excluding hydrogens is 713 g/mol. The molecule has 0 aromatic rings. The molecule has 322 valence electrons. The molecule has 0 heterocycles. The van der Waals surface area contributed by atoms with Crippen LogP contribution in [0.2, 0.25) is 0 Å². The van der Waals surface area contributed by atoms with E-state index in [-0.39, 0.29) is 38.6 Å². The number of phosphoric acid groups is 1. The molecule has 0 saturated carbocycles. The fraction of sp³-hybridized carbons (Fsp3) is 0.822. The van der Waals surface area contributed by atoms with E-state index in [1.54, 1.807) is 0 Å². The number of phosphoric ester groups is 1. The van der Waals surface area contributed by atoms with E-state index >= 15 is 0 Å². The fourth-order valence-electron chi connectivity index (χ4n) is 6.15. The number of ether oxygens (including phenoxy) is 2. The smallest absolute Gasteiger partial charge is 0.462 e. The first-order chi connectivity index (χ1) is 26.8. The molecule has 0 saturated heterocycles. The van der Waals surface area contributed by atoms with Crippen LogP contribution in [0.5, 0.6) is 0 Å². The normalized spacial score (nSPS) is 13.6. The van der Waals surface area contributed by atoms with E-state index in [9.17, 15) is 19.0 Å². The third-order valence-electron chi connectivity index (χ3n) is 9.53. The quantitative estimate of drug-likeness (QED) is 0.0203. The summed E-state index contributed by atoms with van der Waals surface area (Å²) in [4.78, 5) is 34.9. The highest BCUT2D eigenvalue weighted by atomic mass is 31.2. The maximum absolute atomic E-state index is 12.6. The van der Waals surface area contributed by atoms with Gasteiger partial charge in [-0.25, -0.2) is 4.57 Å². The third-order valence-corrected chi connectivity index (χ3v) is 10.5. The van der Waals surface area contributed by atoms with Gasteiger partial charge < -0.3 is 20.1 Å². The van der Waals surface area contributed by atoms with E-state index in [1.165, 1.54) is 116 Å². The van der Waals surface area contributed by atoms with Crippen molar-refractivity contribution in [1.29, 1.82) is 0 Å². The van der Waals surface area contributed by atoms with Crippen LogP contribution in [0.1, 0.15) is 206 Å². The van der Waals surface area contributed by atoms with Crippen molar-refractivity contribution < 1.29 is 37.6 Å². The first-order valence-corrected chi connectivity index (χ1v) is 24.0. The lowest BCUT2D eigenvalue weighted by molar-refractivity contribution is -0.161. The van der Waals surface area contributed by atoms with E-state index in [0.29, 0.717) is 6.42 Å². The largest absolute Gasteiger partial charge is 0.472 e. The molecule has 2 atom stereocenters. The minimum Gasteiger partial charge on any atom is -0.462 e. The summed E-state index contributed by atoms with van der Waals surface area (Å²) in [6.45, 7) is 3.70. The fourth-order valence-corrected chi connectivity index (χ4v) is 6.91. The standard InChI is InChI=1S/C45H84NO8P/c1-3-5-7-9-11-13-15-17-19-20-21-22-24-25-27-29-31-33-35-37-44(47)51-41-43(42-53-55(49,50)52-40-39-46)54-45(48)38-36-34-32-30-28-26-23-18-16-14-12-10-8-6-4-2/h14,16-19,23,43H,3-13,15,20-22,24-42,46H2,1-2H3,(H,49,50)/b16-14+,19-17+,23-18+/t43-/m1/s1. The maximum Gasteiger partial charge on any atom is 0.472 e. The highest BCUT2D eigenvalue weighted by Gasteiger charge is 2.26. The molecule has 1 unspecified atom stereocenters. The molecule has 0 aliphatic heterocycles. The number of rotatable bonds is 42. The first kappa shape index (κ1) is 53.2. The Balaban J connectivity index is 4.13. The Morgan fingerprint density at radius 2 is 0.945 bits per heavy atom. The van der Waals surface area contributed by atoms with Crippen LogP contribution in [0.4, 0.5) is 0 Å². The van der Waals surface area contributed by atoms with Crippen molar-refractivity contribution in [3.05, 3.63) is 36.5 Å². The number of esters is 2. The van der Waals surface area contributed by atoms with Gasteiger partial charge in [-0.2, -0.15) is 0 Å². The number of nitrogens with two attached hydrogens (primary N) is 1. The van der Waals surface area contributed by atoms with Gasteiger partial charge in [0.15, 0.2) is 6.10 Å². The second-order valence-electron chi connectivity index (χ2n) is 14.9. The lowest BCUT2D eigenvalue weighted by Crippen LogP contribution is -2.29. The average Bonchev–Trinajstić information content (AvgIpc) is 3.17. The number of carbonyl (C=O) groups excluding carboxylic acids is 2.